The maximum Gasteiger partial charge on any atom is 0.129 e. The van der Waals surface area contributed by atoms with Gasteiger partial charge in [0.25, 0.3) is 0 Å². The number of hydrogen-bond acceptors (Lipinski definition) is 3. The van der Waals surface area contributed by atoms with Crippen LogP contribution in [0.15, 0.2) is 18.2 Å². The summed E-state index contributed by atoms with van der Waals surface area (Å²) in [6.07, 6.45) is 0. The van der Waals surface area contributed by atoms with Gasteiger partial charge in [-0.2, -0.15) is 0 Å². The molecule has 3 nitrogen and oxygen atoms in total. The van der Waals surface area contributed by atoms with E-state index in [1.165, 1.54) is 6.07 Å². The van der Waals surface area contributed by atoms with Crippen LogP contribution >= 0.6 is 11.6 Å². The van der Waals surface area contributed by atoms with E-state index < -0.39 is 0 Å². The van der Waals surface area contributed by atoms with Crippen molar-refractivity contribution in [1.82, 2.24) is 4.90 Å². The van der Waals surface area contributed by atoms with E-state index in [0.29, 0.717) is 30.3 Å². The molecular weight excluding hydrogens is 243 g/mol. The van der Waals surface area contributed by atoms with E-state index in [2.05, 4.69) is 4.90 Å². The van der Waals surface area contributed by atoms with Crippen molar-refractivity contribution in [2.75, 3.05) is 32.8 Å². The number of hydrogen-bond donors (Lipinski definition) is 1. The molecule has 0 unspecified atom stereocenters. The summed E-state index contributed by atoms with van der Waals surface area (Å²) in [7, 11) is 0. The van der Waals surface area contributed by atoms with Gasteiger partial charge < -0.3 is 10.5 Å². The summed E-state index contributed by atoms with van der Waals surface area (Å²) in [5, 5.41) is 0.437. The topological polar surface area (TPSA) is 38.5 Å². The van der Waals surface area contributed by atoms with Crippen LogP contribution in [0.1, 0.15) is 11.6 Å². The Balaban J connectivity index is 2.27. The Kier molecular flexibility index (Phi) is 4.34. The van der Waals surface area contributed by atoms with Crippen molar-refractivity contribution in [2.24, 2.45) is 5.73 Å². The van der Waals surface area contributed by atoms with Crippen LogP contribution in [0.5, 0.6) is 0 Å². The van der Waals surface area contributed by atoms with E-state index in [4.69, 9.17) is 22.1 Å². The molecule has 2 rings (SSSR count). The number of nitrogens with zero attached hydrogens (tertiary/aromatic N) is 1. The summed E-state index contributed by atoms with van der Waals surface area (Å²) >= 11 is 6.07. The Morgan fingerprint density at radius 2 is 2.12 bits per heavy atom. The molecule has 1 saturated heterocycles. The van der Waals surface area contributed by atoms with Crippen molar-refractivity contribution in [3.8, 4) is 0 Å². The summed E-state index contributed by atoms with van der Waals surface area (Å²) in [5.74, 6) is -0.292. The van der Waals surface area contributed by atoms with Crippen molar-refractivity contribution in [3.05, 3.63) is 34.6 Å². The van der Waals surface area contributed by atoms with Crippen molar-refractivity contribution in [3.63, 3.8) is 0 Å². The van der Waals surface area contributed by atoms with E-state index >= 15 is 0 Å². The molecule has 0 aliphatic carbocycles. The fourth-order valence-electron chi connectivity index (χ4n) is 2.17. The van der Waals surface area contributed by atoms with Gasteiger partial charge in [-0.3, -0.25) is 4.90 Å². The third-order valence-corrected chi connectivity index (χ3v) is 3.37. The molecular formula is C12H16ClFN2O. The van der Waals surface area contributed by atoms with Crippen LogP contribution in [0, 0.1) is 5.82 Å². The molecule has 2 N–H and O–H groups in total. The number of morpholine rings is 1. The second-order valence-corrected chi connectivity index (χ2v) is 4.44. The van der Waals surface area contributed by atoms with Crippen LogP contribution in [0.3, 0.4) is 0 Å². The smallest absolute Gasteiger partial charge is 0.129 e. The molecule has 0 saturated carbocycles. The fraction of sp³-hybridized carbons (Fsp3) is 0.500. The molecule has 1 heterocycles. The van der Waals surface area contributed by atoms with E-state index in [9.17, 15) is 4.39 Å². The lowest BCUT2D eigenvalue weighted by Gasteiger charge is -2.34. The van der Waals surface area contributed by atoms with Gasteiger partial charge in [-0.05, 0) is 12.1 Å². The van der Waals surface area contributed by atoms with Crippen LogP contribution < -0.4 is 5.73 Å². The molecule has 5 heteroatoms. The van der Waals surface area contributed by atoms with E-state index in [1.807, 2.05) is 0 Å². The van der Waals surface area contributed by atoms with Gasteiger partial charge in [0.15, 0.2) is 0 Å². The van der Waals surface area contributed by atoms with Crippen LogP contribution in [0.25, 0.3) is 0 Å². The SMILES string of the molecule is NC[C@@H](c1c(F)cccc1Cl)N1CCOCC1. The Bertz CT molecular complexity index is 363. The van der Waals surface area contributed by atoms with Gasteiger partial charge in [-0.15, -0.1) is 0 Å². The number of rotatable bonds is 3. The summed E-state index contributed by atoms with van der Waals surface area (Å²) in [4.78, 5) is 2.12. The average molecular weight is 259 g/mol. The van der Waals surface area contributed by atoms with Crippen LogP contribution in [0.4, 0.5) is 4.39 Å². The minimum Gasteiger partial charge on any atom is -0.379 e. The van der Waals surface area contributed by atoms with Crippen molar-refractivity contribution < 1.29 is 9.13 Å². The molecule has 1 fully saturated rings. The molecule has 0 radical (unpaired) electrons. The minimum absolute atomic E-state index is 0.174. The number of benzene rings is 1. The molecule has 0 aromatic heterocycles. The Morgan fingerprint density at radius 3 is 2.71 bits per heavy atom. The van der Waals surface area contributed by atoms with Crippen LogP contribution in [-0.4, -0.2) is 37.7 Å². The van der Waals surface area contributed by atoms with Crippen molar-refractivity contribution in [2.45, 2.75) is 6.04 Å². The largest absolute Gasteiger partial charge is 0.379 e. The Morgan fingerprint density at radius 1 is 1.41 bits per heavy atom. The molecule has 17 heavy (non-hydrogen) atoms. The molecule has 94 valence electrons. The molecule has 0 spiro atoms. The molecule has 1 aliphatic heterocycles. The molecule has 1 aliphatic rings. The van der Waals surface area contributed by atoms with E-state index in [0.717, 1.165) is 13.1 Å². The highest BCUT2D eigenvalue weighted by Crippen LogP contribution is 2.29. The zero-order chi connectivity index (χ0) is 12.3. The Labute approximate surface area is 105 Å². The molecule has 1 aromatic carbocycles. The van der Waals surface area contributed by atoms with Gasteiger partial charge >= 0.3 is 0 Å². The summed E-state index contributed by atoms with van der Waals surface area (Å²) in [5.41, 5.74) is 6.26. The summed E-state index contributed by atoms with van der Waals surface area (Å²) in [6, 6.07) is 4.55. The monoisotopic (exact) mass is 258 g/mol. The zero-order valence-corrected chi connectivity index (χ0v) is 10.3. The van der Waals surface area contributed by atoms with Gasteiger partial charge in [-0.1, -0.05) is 17.7 Å². The van der Waals surface area contributed by atoms with Crippen LogP contribution in [0.2, 0.25) is 5.02 Å². The first-order chi connectivity index (χ1) is 8.24. The van der Waals surface area contributed by atoms with Crippen LogP contribution in [-0.2, 0) is 4.74 Å². The predicted octanol–water partition coefficient (Wildman–Crippen LogP) is 1.81. The maximum atomic E-state index is 13.8. The highest BCUT2D eigenvalue weighted by molar-refractivity contribution is 6.31. The third kappa shape index (κ3) is 2.77. The lowest BCUT2D eigenvalue weighted by atomic mass is 10.0. The standard InChI is InChI=1S/C12H16ClFN2O/c13-9-2-1-3-10(14)12(9)11(8-15)16-4-6-17-7-5-16/h1-3,11H,4-8,15H2/t11-/m0/s1. The number of halogens is 2. The molecule has 1 aromatic rings. The summed E-state index contributed by atoms with van der Waals surface area (Å²) in [6.45, 7) is 3.17. The zero-order valence-electron chi connectivity index (χ0n) is 9.53. The first-order valence-electron chi connectivity index (χ1n) is 5.70. The maximum absolute atomic E-state index is 13.8. The van der Waals surface area contributed by atoms with Gasteiger partial charge in [0.1, 0.15) is 5.82 Å². The first kappa shape index (κ1) is 12.8. The average Bonchev–Trinajstić information content (AvgIpc) is 2.35. The van der Waals surface area contributed by atoms with E-state index in [1.54, 1.807) is 12.1 Å². The fourth-order valence-corrected chi connectivity index (χ4v) is 2.46. The third-order valence-electron chi connectivity index (χ3n) is 3.04. The number of ether oxygens (including phenoxy) is 1. The normalized spacial score (nSPS) is 19.2. The second-order valence-electron chi connectivity index (χ2n) is 4.04. The second kappa shape index (κ2) is 5.78. The number of nitrogens with two attached hydrogens (primary N) is 1. The minimum atomic E-state index is -0.292. The highest BCUT2D eigenvalue weighted by Gasteiger charge is 2.25. The lowest BCUT2D eigenvalue weighted by molar-refractivity contribution is 0.0172. The van der Waals surface area contributed by atoms with Gasteiger partial charge in [-0.25, -0.2) is 4.39 Å². The quantitative estimate of drug-likeness (QED) is 0.899. The van der Waals surface area contributed by atoms with Gasteiger partial charge in [0, 0.05) is 30.2 Å². The lowest BCUT2D eigenvalue weighted by Crippen LogP contribution is -2.42. The highest BCUT2D eigenvalue weighted by atomic mass is 35.5. The molecule has 1 atom stereocenters. The van der Waals surface area contributed by atoms with E-state index in [-0.39, 0.29) is 11.9 Å². The molecule has 0 amide bonds. The Hall–Kier alpha value is -0.680. The first-order valence-corrected chi connectivity index (χ1v) is 6.07. The van der Waals surface area contributed by atoms with Crippen molar-refractivity contribution >= 4 is 11.6 Å². The van der Waals surface area contributed by atoms with Crippen molar-refractivity contribution in [1.29, 1.82) is 0 Å². The summed E-state index contributed by atoms with van der Waals surface area (Å²) < 4.78 is 19.1. The molecule has 0 bridgehead atoms. The van der Waals surface area contributed by atoms with Gasteiger partial charge in [0.05, 0.1) is 19.3 Å². The predicted molar refractivity (Wildman–Crippen MR) is 65.6 cm³/mol. The van der Waals surface area contributed by atoms with Gasteiger partial charge in [0.2, 0.25) is 0 Å².